The van der Waals surface area contributed by atoms with Crippen LogP contribution in [0.15, 0.2) is 65.1 Å². The Kier molecular flexibility index (Phi) is 14.6. The largest absolute Gasteiger partial charge is 0.508 e. The Balaban J connectivity index is 0.000000332. The maximum absolute atomic E-state index is 11.7. The van der Waals surface area contributed by atoms with Crippen LogP contribution in [0.4, 0.5) is 0 Å². The molecule has 0 aliphatic carbocycles. The Morgan fingerprint density at radius 3 is 1.57 bits per heavy atom. The van der Waals surface area contributed by atoms with Crippen molar-refractivity contribution in [3.05, 3.63) is 76.3 Å². The van der Waals surface area contributed by atoms with Crippen LogP contribution >= 0.6 is 15.9 Å². The number of amides is 2. The second-order valence-corrected chi connectivity index (χ2v) is 14.6. The number of phenolic OH excluding ortho intramolecular Hbond substituents is 3. The van der Waals surface area contributed by atoms with E-state index in [1.54, 1.807) is 56.2 Å². The summed E-state index contributed by atoms with van der Waals surface area (Å²) in [5.41, 5.74) is 3.59. The molecular weight excluding hydrogens is 644 g/mol. The summed E-state index contributed by atoms with van der Waals surface area (Å²) in [5.74, 6) is 1.01. The highest BCUT2D eigenvalue weighted by atomic mass is 79.9. The zero-order valence-electron chi connectivity index (χ0n) is 28.9. The van der Waals surface area contributed by atoms with Crippen molar-refractivity contribution >= 4 is 27.7 Å². The fourth-order valence-electron chi connectivity index (χ4n) is 5.23. The molecule has 3 aromatic rings. The first-order valence-corrected chi connectivity index (χ1v) is 16.8. The first-order chi connectivity index (χ1) is 21.4. The van der Waals surface area contributed by atoms with Crippen LogP contribution in [0.25, 0.3) is 11.1 Å². The molecule has 0 saturated heterocycles. The molecule has 3 aromatic carbocycles. The van der Waals surface area contributed by atoms with E-state index >= 15 is 0 Å². The van der Waals surface area contributed by atoms with Crippen molar-refractivity contribution in [3.63, 3.8) is 0 Å². The van der Waals surface area contributed by atoms with Gasteiger partial charge < -0.3 is 25.1 Å². The molecule has 2 amide bonds. The number of nitrogens with zero attached hydrogens (tertiary/aromatic N) is 2. The van der Waals surface area contributed by atoms with Crippen molar-refractivity contribution in [2.75, 3.05) is 28.2 Å². The lowest BCUT2D eigenvalue weighted by Gasteiger charge is -2.26. The number of carbonyl (C=O) groups excluding carboxylic acids is 2. The average molecular weight is 698 g/mol. The average Bonchev–Trinajstić information content (AvgIpc) is 2.98. The summed E-state index contributed by atoms with van der Waals surface area (Å²) in [6.45, 7) is 8.65. The van der Waals surface area contributed by atoms with Gasteiger partial charge in [0, 0.05) is 46.6 Å². The molecule has 252 valence electrons. The number of aromatic hydroxyl groups is 3. The van der Waals surface area contributed by atoms with Crippen LogP contribution in [0.2, 0.25) is 0 Å². The van der Waals surface area contributed by atoms with Crippen LogP contribution in [-0.2, 0) is 20.4 Å². The lowest BCUT2D eigenvalue weighted by Crippen LogP contribution is -2.21. The van der Waals surface area contributed by atoms with E-state index in [1.165, 1.54) is 0 Å². The first-order valence-electron chi connectivity index (χ1n) is 16.0. The predicted octanol–water partition coefficient (Wildman–Crippen LogP) is 8.77. The first kappa shape index (κ1) is 38.7. The molecular formula is C38H53BrN2O5. The minimum Gasteiger partial charge on any atom is -0.508 e. The van der Waals surface area contributed by atoms with Crippen LogP contribution in [0.3, 0.4) is 0 Å². The highest BCUT2D eigenvalue weighted by molar-refractivity contribution is 9.10. The molecule has 8 heteroatoms. The Bertz CT molecular complexity index is 1450. The highest BCUT2D eigenvalue weighted by Crippen LogP contribution is 2.37. The Morgan fingerprint density at radius 1 is 0.652 bits per heavy atom. The molecule has 7 nitrogen and oxygen atoms in total. The number of carbonyl (C=O) groups is 2. The number of phenols is 3. The zero-order chi connectivity index (χ0) is 34.7. The molecule has 0 saturated carbocycles. The SMILES string of the molecule is CN(C)C(=O)CCCCC(C)(C)c1ccc(-c2cccc(O)c2)c(O)c1.CN(C)C(=O)CCCCC(C)(C)c1ccc(Br)c(O)c1. The summed E-state index contributed by atoms with van der Waals surface area (Å²) in [5, 5.41) is 29.9. The summed E-state index contributed by atoms with van der Waals surface area (Å²) in [7, 11) is 7.14. The van der Waals surface area contributed by atoms with E-state index in [9.17, 15) is 24.9 Å². The van der Waals surface area contributed by atoms with Gasteiger partial charge in [0.25, 0.3) is 0 Å². The molecule has 3 N–H and O–H groups in total. The number of halogens is 1. The van der Waals surface area contributed by atoms with Gasteiger partial charge in [-0.1, -0.05) is 70.9 Å². The van der Waals surface area contributed by atoms with Gasteiger partial charge in [-0.05, 0) is 99.5 Å². The second kappa shape index (κ2) is 17.4. The molecule has 0 fully saturated rings. The van der Waals surface area contributed by atoms with Crippen LogP contribution in [0.5, 0.6) is 17.2 Å². The van der Waals surface area contributed by atoms with Crippen molar-refractivity contribution in [2.24, 2.45) is 0 Å². The van der Waals surface area contributed by atoms with Crippen molar-refractivity contribution in [1.82, 2.24) is 9.80 Å². The third-order valence-electron chi connectivity index (χ3n) is 8.55. The predicted molar refractivity (Wildman–Crippen MR) is 191 cm³/mol. The topological polar surface area (TPSA) is 101 Å². The molecule has 0 aliphatic rings. The van der Waals surface area contributed by atoms with Gasteiger partial charge in [-0.2, -0.15) is 0 Å². The van der Waals surface area contributed by atoms with E-state index in [4.69, 9.17) is 0 Å². The molecule has 0 unspecified atom stereocenters. The summed E-state index contributed by atoms with van der Waals surface area (Å²) in [4.78, 5) is 26.4. The van der Waals surface area contributed by atoms with Crippen molar-refractivity contribution in [2.45, 2.75) is 89.9 Å². The van der Waals surface area contributed by atoms with E-state index in [0.29, 0.717) is 22.9 Å². The molecule has 0 aromatic heterocycles. The fourth-order valence-corrected chi connectivity index (χ4v) is 5.47. The van der Waals surface area contributed by atoms with Gasteiger partial charge >= 0.3 is 0 Å². The minimum atomic E-state index is -0.0873. The van der Waals surface area contributed by atoms with E-state index in [-0.39, 0.29) is 39.9 Å². The van der Waals surface area contributed by atoms with Crippen LogP contribution in [-0.4, -0.2) is 65.1 Å². The molecule has 0 spiro atoms. The van der Waals surface area contributed by atoms with Crippen molar-refractivity contribution < 1.29 is 24.9 Å². The Labute approximate surface area is 284 Å². The molecule has 46 heavy (non-hydrogen) atoms. The number of hydrogen-bond acceptors (Lipinski definition) is 5. The molecule has 0 heterocycles. The Morgan fingerprint density at radius 2 is 1.13 bits per heavy atom. The van der Waals surface area contributed by atoms with Gasteiger partial charge in [0.2, 0.25) is 11.8 Å². The number of hydrogen-bond donors (Lipinski definition) is 3. The third-order valence-corrected chi connectivity index (χ3v) is 9.22. The van der Waals surface area contributed by atoms with E-state index in [0.717, 1.165) is 55.2 Å². The van der Waals surface area contributed by atoms with Crippen LogP contribution in [0, 0.1) is 0 Å². The number of rotatable bonds is 13. The maximum Gasteiger partial charge on any atom is 0.222 e. The minimum absolute atomic E-state index is 0.000651. The smallest absolute Gasteiger partial charge is 0.222 e. The number of benzene rings is 3. The van der Waals surface area contributed by atoms with E-state index in [1.807, 2.05) is 42.5 Å². The molecule has 3 rings (SSSR count). The normalized spacial score (nSPS) is 11.4. The fraction of sp³-hybridized carbons (Fsp3) is 0.474. The number of unbranched alkanes of at least 4 members (excludes halogenated alkanes) is 2. The van der Waals surface area contributed by atoms with Gasteiger partial charge in [-0.3, -0.25) is 9.59 Å². The summed E-state index contributed by atoms with van der Waals surface area (Å²) in [6, 6.07) is 18.3. The Hall–Kier alpha value is -3.52. The summed E-state index contributed by atoms with van der Waals surface area (Å²) >= 11 is 3.30. The highest BCUT2D eigenvalue weighted by Gasteiger charge is 2.23. The molecule has 0 aliphatic heterocycles. The molecule has 0 bridgehead atoms. The third kappa shape index (κ3) is 12.0. The van der Waals surface area contributed by atoms with Crippen LogP contribution < -0.4 is 0 Å². The maximum atomic E-state index is 11.7. The summed E-state index contributed by atoms with van der Waals surface area (Å²) in [6.07, 6.45) is 6.86. The summed E-state index contributed by atoms with van der Waals surface area (Å²) < 4.78 is 0.716. The van der Waals surface area contributed by atoms with Gasteiger partial charge in [0.15, 0.2) is 0 Å². The van der Waals surface area contributed by atoms with Crippen molar-refractivity contribution in [1.29, 1.82) is 0 Å². The van der Waals surface area contributed by atoms with Crippen molar-refractivity contribution in [3.8, 4) is 28.4 Å². The quantitative estimate of drug-likeness (QED) is 0.155. The van der Waals surface area contributed by atoms with Gasteiger partial charge in [-0.15, -0.1) is 0 Å². The molecule has 0 atom stereocenters. The standard InChI is InChI=1S/C22H29NO3.C16H24BrNO2/c1-22(2,13-6-5-10-21(26)23(3)4)17-11-12-19(20(25)15-17)16-8-7-9-18(24)14-16;1-16(2,10-6-5-7-15(20)18(3)4)12-8-9-13(17)14(19)11-12/h7-9,11-12,14-15,24-25H,5-6,10,13H2,1-4H3;8-9,11,19H,5-7,10H2,1-4H3. The van der Waals surface area contributed by atoms with Gasteiger partial charge in [0.05, 0.1) is 4.47 Å². The monoisotopic (exact) mass is 696 g/mol. The lowest BCUT2D eigenvalue weighted by atomic mass is 9.79. The van der Waals surface area contributed by atoms with E-state index in [2.05, 4.69) is 43.6 Å². The zero-order valence-corrected chi connectivity index (χ0v) is 30.4. The van der Waals surface area contributed by atoms with Crippen LogP contribution in [0.1, 0.15) is 90.2 Å². The van der Waals surface area contributed by atoms with Gasteiger partial charge in [0.1, 0.15) is 17.2 Å². The lowest BCUT2D eigenvalue weighted by molar-refractivity contribution is -0.129. The van der Waals surface area contributed by atoms with E-state index < -0.39 is 0 Å². The van der Waals surface area contributed by atoms with Gasteiger partial charge in [-0.25, -0.2) is 0 Å². The molecule has 0 radical (unpaired) electrons. The second-order valence-electron chi connectivity index (χ2n) is 13.7.